The monoisotopic (exact) mass is 356 g/mol. The first-order valence-electron chi connectivity index (χ1n) is 9.68. The molecule has 2 saturated heterocycles. The molecule has 1 amide bonds. The number of hydrogen-bond acceptors (Lipinski definition) is 4. The molecule has 2 aliphatic heterocycles. The van der Waals surface area contributed by atoms with Crippen LogP contribution in [0.5, 0.6) is 0 Å². The number of likely N-dealkylation sites (tertiary alicyclic amines) is 1. The number of hydrogen-bond donors (Lipinski definition) is 0. The summed E-state index contributed by atoms with van der Waals surface area (Å²) < 4.78 is 7.79. The summed E-state index contributed by atoms with van der Waals surface area (Å²) in [5, 5.41) is 0. The Hall–Kier alpha value is -1.92. The van der Waals surface area contributed by atoms with E-state index in [0.29, 0.717) is 6.42 Å². The van der Waals surface area contributed by atoms with Gasteiger partial charge in [-0.1, -0.05) is 12.1 Å². The minimum atomic E-state index is 0.182. The lowest BCUT2D eigenvalue weighted by atomic mass is 10.1. The number of carbonyl (C=O) groups is 1. The molecule has 0 unspecified atom stereocenters. The van der Waals surface area contributed by atoms with Gasteiger partial charge in [0.15, 0.2) is 0 Å². The largest absolute Gasteiger partial charge is 0.379 e. The molecular weight excluding hydrogens is 328 g/mol. The van der Waals surface area contributed by atoms with Gasteiger partial charge in [0.05, 0.1) is 24.2 Å². The highest BCUT2D eigenvalue weighted by atomic mass is 16.5. The second kappa shape index (κ2) is 7.37. The molecule has 1 aromatic carbocycles. The van der Waals surface area contributed by atoms with Crippen LogP contribution in [0.3, 0.4) is 0 Å². The third-order valence-electron chi connectivity index (χ3n) is 5.57. The van der Waals surface area contributed by atoms with Gasteiger partial charge < -0.3 is 14.2 Å². The van der Waals surface area contributed by atoms with E-state index < -0.39 is 0 Å². The summed E-state index contributed by atoms with van der Waals surface area (Å²) in [6.45, 7) is 10.5. The third kappa shape index (κ3) is 3.35. The zero-order valence-electron chi connectivity index (χ0n) is 15.7. The number of para-hydroxylation sites is 2. The second-order valence-electron chi connectivity index (χ2n) is 7.61. The Morgan fingerprint density at radius 3 is 2.69 bits per heavy atom. The Morgan fingerprint density at radius 2 is 1.96 bits per heavy atom. The van der Waals surface area contributed by atoms with Gasteiger partial charge in [-0.15, -0.1) is 0 Å². The molecule has 1 atom stereocenters. The molecule has 2 aliphatic rings. The number of ether oxygens (including phenoxy) is 1. The quantitative estimate of drug-likeness (QED) is 0.823. The fourth-order valence-corrected chi connectivity index (χ4v) is 4.11. The van der Waals surface area contributed by atoms with Gasteiger partial charge >= 0.3 is 0 Å². The van der Waals surface area contributed by atoms with Crippen LogP contribution < -0.4 is 0 Å². The molecule has 4 rings (SSSR count). The van der Waals surface area contributed by atoms with Crippen LogP contribution >= 0.6 is 0 Å². The van der Waals surface area contributed by atoms with Crippen molar-refractivity contribution < 1.29 is 9.53 Å². The van der Waals surface area contributed by atoms with Crippen LogP contribution in [0, 0.1) is 0 Å². The van der Waals surface area contributed by atoms with Gasteiger partial charge in [0.2, 0.25) is 5.91 Å². The zero-order valence-corrected chi connectivity index (χ0v) is 15.7. The molecule has 0 spiro atoms. The Labute approximate surface area is 154 Å². The summed E-state index contributed by atoms with van der Waals surface area (Å²) in [4.78, 5) is 21.8. The SMILES string of the molecule is CC(C)N1C[C@@H](c2nc3ccccc3n2CCN2CCOCC2)CC1=O. The van der Waals surface area contributed by atoms with Crippen molar-refractivity contribution in [2.75, 3.05) is 39.4 Å². The van der Waals surface area contributed by atoms with Gasteiger partial charge in [0.25, 0.3) is 0 Å². The number of morpholine rings is 1. The Kier molecular flexibility index (Phi) is 4.96. The molecule has 6 heteroatoms. The first-order valence-corrected chi connectivity index (χ1v) is 9.68. The molecule has 1 aromatic heterocycles. The smallest absolute Gasteiger partial charge is 0.223 e. The number of amides is 1. The molecule has 0 bridgehead atoms. The standard InChI is InChI=1S/C20H28N4O2/c1-15(2)24-14-16(13-19(24)25)20-21-17-5-3-4-6-18(17)23(20)8-7-22-9-11-26-12-10-22/h3-6,15-16H,7-14H2,1-2H3/t16-/m0/s1. The highest BCUT2D eigenvalue weighted by Crippen LogP contribution is 2.31. The zero-order chi connectivity index (χ0) is 18.1. The van der Waals surface area contributed by atoms with Crippen molar-refractivity contribution in [1.82, 2.24) is 19.4 Å². The summed E-state index contributed by atoms with van der Waals surface area (Å²) in [6, 6.07) is 8.56. The molecule has 0 radical (unpaired) electrons. The summed E-state index contributed by atoms with van der Waals surface area (Å²) in [7, 11) is 0. The van der Waals surface area contributed by atoms with Crippen LogP contribution in [-0.4, -0.2) is 70.7 Å². The van der Waals surface area contributed by atoms with E-state index in [4.69, 9.17) is 9.72 Å². The number of aromatic nitrogens is 2. The predicted octanol–water partition coefficient (Wildman–Crippen LogP) is 2.09. The lowest BCUT2D eigenvalue weighted by molar-refractivity contribution is -0.129. The minimum Gasteiger partial charge on any atom is -0.379 e. The summed E-state index contributed by atoms with van der Waals surface area (Å²) >= 11 is 0. The first kappa shape index (κ1) is 17.5. The Morgan fingerprint density at radius 1 is 1.19 bits per heavy atom. The first-order chi connectivity index (χ1) is 12.6. The van der Waals surface area contributed by atoms with Crippen molar-refractivity contribution in [2.24, 2.45) is 0 Å². The summed E-state index contributed by atoms with van der Waals surface area (Å²) in [5.41, 5.74) is 2.20. The molecule has 0 N–H and O–H groups in total. The molecule has 3 heterocycles. The topological polar surface area (TPSA) is 50.6 Å². The van der Waals surface area contributed by atoms with Crippen molar-refractivity contribution in [2.45, 2.75) is 38.8 Å². The second-order valence-corrected chi connectivity index (χ2v) is 7.61. The van der Waals surface area contributed by atoms with E-state index in [0.717, 1.165) is 57.3 Å². The number of benzene rings is 1. The van der Waals surface area contributed by atoms with E-state index in [-0.39, 0.29) is 17.9 Å². The maximum Gasteiger partial charge on any atom is 0.223 e. The van der Waals surface area contributed by atoms with E-state index in [1.54, 1.807) is 0 Å². The van der Waals surface area contributed by atoms with Crippen molar-refractivity contribution in [3.05, 3.63) is 30.1 Å². The van der Waals surface area contributed by atoms with Crippen LogP contribution in [0.4, 0.5) is 0 Å². The van der Waals surface area contributed by atoms with Crippen molar-refractivity contribution in [3.63, 3.8) is 0 Å². The molecule has 2 fully saturated rings. The van der Waals surface area contributed by atoms with Crippen LogP contribution in [0.15, 0.2) is 24.3 Å². The van der Waals surface area contributed by atoms with E-state index in [1.807, 2.05) is 11.0 Å². The number of rotatable bonds is 5. The van der Waals surface area contributed by atoms with Crippen LogP contribution in [-0.2, 0) is 16.1 Å². The lowest BCUT2D eigenvalue weighted by Crippen LogP contribution is -2.38. The van der Waals surface area contributed by atoms with Gasteiger partial charge in [-0.25, -0.2) is 4.98 Å². The predicted molar refractivity (Wildman–Crippen MR) is 101 cm³/mol. The van der Waals surface area contributed by atoms with E-state index >= 15 is 0 Å². The summed E-state index contributed by atoms with van der Waals surface area (Å²) in [5.74, 6) is 1.50. The van der Waals surface area contributed by atoms with E-state index in [9.17, 15) is 4.79 Å². The van der Waals surface area contributed by atoms with Gasteiger partial charge in [0, 0.05) is 51.1 Å². The average molecular weight is 356 g/mol. The summed E-state index contributed by atoms with van der Waals surface area (Å²) in [6.07, 6.45) is 0.569. The molecule has 6 nitrogen and oxygen atoms in total. The van der Waals surface area contributed by atoms with Gasteiger partial charge in [0.1, 0.15) is 5.82 Å². The van der Waals surface area contributed by atoms with Crippen molar-refractivity contribution in [1.29, 1.82) is 0 Å². The molecule has 0 saturated carbocycles. The highest BCUT2D eigenvalue weighted by Gasteiger charge is 2.35. The van der Waals surface area contributed by atoms with E-state index in [1.165, 1.54) is 5.52 Å². The third-order valence-corrected chi connectivity index (χ3v) is 5.57. The van der Waals surface area contributed by atoms with Crippen molar-refractivity contribution >= 4 is 16.9 Å². The number of carbonyl (C=O) groups excluding carboxylic acids is 1. The van der Waals surface area contributed by atoms with Crippen LogP contribution in [0.2, 0.25) is 0 Å². The van der Waals surface area contributed by atoms with Crippen molar-refractivity contribution in [3.8, 4) is 0 Å². The molecule has 2 aromatic rings. The fourth-order valence-electron chi connectivity index (χ4n) is 4.11. The number of imidazole rings is 1. The average Bonchev–Trinajstić information content (AvgIpc) is 3.21. The highest BCUT2D eigenvalue weighted by molar-refractivity contribution is 5.81. The van der Waals surface area contributed by atoms with Crippen LogP contribution in [0.1, 0.15) is 32.0 Å². The number of nitrogens with zero attached hydrogens (tertiary/aromatic N) is 4. The maximum absolute atomic E-state index is 12.4. The normalized spacial score (nSPS) is 22.0. The number of fused-ring (bicyclic) bond motifs is 1. The van der Waals surface area contributed by atoms with E-state index in [2.05, 4.69) is 41.5 Å². The minimum absolute atomic E-state index is 0.182. The maximum atomic E-state index is 12.4. The molecular formula is C20H28N4O2. The molecule has 0 aliphatic carbocycles. The van der Waals surface area contributed by atoms with Gasteiger partial charge in [-0.3, -0.25) is 9.69 Å². The molecule has 140 valence electrons. The molecule has 26 heavy (non-hydrogen) atoms. The Bertz CT molecular complexity index is 779. The van der Waals surface area contributed by atoms with Gasteiger partial charge in [-0.2, -0.15) is 0 Å². The Balaban J connectivity index is 1.60. The van der Waals surface area contributed by atoms with Gasteiger partial charge in [-0.05, 0) is 26.0 Å². The fraction of sp³-hybridized carbons (Fsp3) is 0.600. The van der Waals surface area contributed by atoms with Crippen LogP contribution in [0.25, 0.3) is 11.0 Å². The lowest BCUT2D eigenvalue weighted by Gasteiger charge is -2.27.